The third-order valence-electron chi connectivity index (χ3n) is 5.05. The molecule has 0 unspecified atom stereocenters. The van der Waals surface area contributed by atoms with Gasteiger partial charge in [0.15, 0.2) is 13.7 Å². The maximum absolute atomic E-state index is 12.5. The zero-order chi connectivity index (χ0) is 18.4. The van der Waals surface area contributed by atoms with Crippen LogP contribution >= 0.6 is 11.6 Å². The van der Waals surface area contributed by atoms with Crippen LogP contribution in [0.3, 0.4) is 0 Å². The molecule has 24 heavy (non-hydrogen) atoms. The minimum Gasteiger partial charge on any atom is -0.444 e. The summed E-state index contributed by atoms with van der Waals surface area (Å²) in [5.74, 6) is 0. The smallest absolute Gasteiger partial charge is 0.200 e. The third-order valence-corrected chi connectivity index (χ3v) is 9.97. The number of rotatable bonds is 3. The Kier molecular flexibility index (Phi) is 5.06. The fourth-order valence-corrected chi connectivity index (χ4v) is 4.05. The van der Waals surface area contributed by atoms with E-state index in [1.54, 1.807) is 6.92 Å². The van der Waals surface area contributed by atoms with Crippen molar-refractivity contribution in [3.05, 3.63) is 44.3 Å². The van der Waals surface area contributed by atoms with Crippen molar-refractivity contribution >= 4 is 30.9 Å². The van der Waals surface area contributed by atoms with Crippen LogP contribution in [0.25, 0.3) is 11.0 Å². The molecule has 0 aliphatic carbocycles. The normalized spacial score (nSPS) is 14.2. The van der Waals surface area contributed by atoms with Gasteiger partial charge in [-0.1, -0.05) is 20.8 Å². The van der Waals surface area contributed by atoms with E-state index >= 15 is 0 Å². The maximum Gasteiger partial charge on any atom is 0.200 e. The first kappa shape index (κ1) is 19.2. The molecule has 0 bridgehead atoms. The van der Waals surface area contributed by atoms with Gasteiger partial charge in [0.1, 0.15) is 5.58 Å². The molecule has 0 amide bonds. The largest absolute Gasteiger partial charge is 0.444 e. The summed E-state index contributed by atoms with van der Waals surface area (Å²) >= 11 is 6.12. The summed E-state index contributed by atoms with van der Waals surface area (Å²) in [6.45, 7) is 16.7. The molecule has 0 fully saturated rings. The Labute approximate surface area is 150 Å². The summed E-state index contributed by atoms with van der Waals surface area (Å²) in [6, 6.07) is 3.88. The van der Waals surface area contributed by atoms with Crippen LogP contribution in [0.1, 0.15) is 50.5 Å². The number of hydrogen-bond acceptors (Lipinski definition) is 3. The molecule has 2 aromatic rings. The van der Waals surface area contributed by atoms with Crippen molar-refractivity contribution in [2.45, 2.75) is 65.8 Å². The second kappa shape index (κ2) is 6.32. The Bertz CT molecular complexity index is 831. The van der Waals surface area contributed by atoms with Crippen molar-refractivity contribution < 1.29 is 8.84 Å². The standard InChI is InChI=1S/C19H27ClO3Si/c1-11-9-14(13(3)23-24(7,8)19(4,5)6)17-15(10-11)16(21)12(2)18(20)22-17/h9-10,13H,1-8H3/t13-/m0/s1. The van der Waals surface area contributed by atoms with E-state index in [4.69, 9.17) is 20.4 Å². The lowest BCUT2D eigenvalue weighted by Gasteiger charge is -2.38. The summed E-state index contributed by atoms with van der Waals surface area (Å²) < 4.78 is 12.3. The van der Waals surface area contributed by atoms with E-state index in [1.807, 2.05) is 26.0 Å². The first-order chi connectivity index (χ1) is 10.8. The molecule has 2 rings (SSSR count). The van der Waals surface area contributed by atoms with Crippen molar-refractivity contribution in [3.8, 4) is 0 Å². The van der Waals surface area contributed by atoms with Gasteiger partial charge in [-0.2, -0.15) is 0 Å². The van der Waals surface area contributed by atoms with Crippen LogP contribution in [0.2, 0.25) is 23.4 Å². The van der Waals surface area contributed by atoms with Gasteiger partial charge in [0.2, 0.25) is 5.22 Å². The Morgan fingerprint density at radius 3 is 2.33 bits per heavy atom. The molecular weight excluding hydrogens is 340 g/mol. The molecule has 0 saturated carbocycles. The number of fused-ring (bicyclic) bond motifs is 1. The van der Waals surface area contributed by atoms with Gasteiger partial charge in [-0.3, -0.25) is 4.79 Å². The Morgan fingerprint density at radius 1 is 1.21 bits per heavy atom. The highest BCUT2D eigenvalue weighted by molar-refractivity contribution is 6.74. The molecule has 0 spiro atoms. The molecule has 0 aliphatic rings. The Balaban J connectivity index is 2.62. The van der Waals surface area contributed by atoms with Crippen LogP contribution in [-0.4, -0.2) is 8.32 Å². The minimum absolute atomic E-state index is 0.0780. The first-order valence-electron chi connectivity index (χ1n) is 8.26. The minimum atomic E-state index is -1.95. The van der Waals surface area contributed by atoms with Crippen molar-refractivity contribution in [1.82, 2.24) is 0 Å². The van der Waals surface area contributed by atoms with E-state index in [1.165, 1.54) is 0 Å². The monoisotopic (exact) mass is 366 g/mol. The number of benzene rings is 1. The number of hydrogen-bond donors (Lipinski definition) is 0. The van der Waals surface area contributed by atoms with Crippen molar-refractivity contribution in [3.63, 3.8) is 0 Å². The molecule has 132 valence electrons. The molecule has 5 heteroatoms. The number of halogens is 1. The maximum atomic E-state index is 12.5. The zero-order valence-electron chi connectivity index (χ0n) is 15.8. The second-order valence-corrected chi connectivity index (χ2v) is 13.2. The average Bonchev–Trinajstić information content (AvgIpc) is 2.43. The van der Waals surface area contributed by atoms with Crippen LogP contribution < -0.4 is 5.43 Å². The molecule has 0 radical (unpaired) electrons. The van der Waals surface area contributed by atoms with E-state index in [2.05, 4.69) is 33.9 Å². The molecule has 3 nitrogen and oxygen atoms in total. The van der Waals surface area contributed by atoms with E-state index in [-0.39, 0.29) is 21.8 Å². The van der Waals surface area contributed by atoms with E-state index < -0.39 is 8.32 Å². The average molecular weight is 367 g/mol. The molecule has 1 atom stereocenters. The Hall–Kier alpha value is -1.10. The van der Waals surface area contributed by atoms with Gasteiger partial charge in [0.05, 0.1) is 17.1 Å². The predicted molar refractivity (Wildman–Crippen MR) is 104 cm³/mol. The van der Waals surface area contributed by atoms with Gasteiger partial charge in [-0.05, 0) is 68.2 Å². The summed E-state index contributed by atoms with van der Waals surface area (Å²) in [5.41, 5.74) is 2.79. The van der Waals surface area contributed by atoms with Crippen molar-refractivity contribution in [2.24, 2.45) is 0 Å². The van der Waals surface area contributed by atoms with Gasteiger partial charge < -0.3 is 8.84 Å². The molecule has 0 saturated heterocycles. The second-order valence-electron chi connectivity index (χ2n) is 8.08. The molecule has 0 N–H and O–H groups in total. The molecular formula is C19H27ClO3Si. The van der Waals surface area contributed by atoms with Crippen LogP contribution in [-0.2, 0) is 4.43 Å². The highest BCUT2D eigenvalue weighted by Crippen LogP contribution is 2.40. The molecule has 1 aromatic carbocycles. The van der Waals surface area contributed by atoms with E-state index in [0.717, 1.165) is 11.1 Å². The van der Waals surface area contributed by atoms with Crippen LogP contribution in [0.15, 0.2) is 21.3 Å². The highest BCUT2D eigenvalue weighted by Gasteiger charge is 2.39. The fraction of sp³-hybridized carbons (Fsp3) is 0.526. The van der Waals surface area contributed by atoms with Gasteiger partial charge in [-0.25, -0.2) is 0 Å². The number of aryl methyl sites for hydroxylation is 1. The summed E-state index contributed by atoms with van der Waals surface area (Å²) in [7, 11) is -1.95. The highest BCUT2D eigenvalue weighted by atomic mass is 35.5. The zero-order valence-corrected chi connectivity index (χ0v) is 17.6. The van der Waals surface area contributed by atoms with Gasteiger partial charge in [0.25, 0.3) is 0 Å². The lowest BCUT2D eigenvalue weighted by atomic mass is 10.0. The van der Waals surface area contributed by atoms with Gasteiger partial charge in [-0.15, -0.1) is 0 Å². The first-order valence-corrected chi connectivity index (χ1v) is 11.5. The van der Waals surface area contributed by atoms with Crippen LogP contribution in [0.5, 0.6) is 0 Å². The summed E-state index contributed by atoms with van der Waals surface area (Å²) in [6.07, 6.45) is -0.171. The predicted octanol–water partition coefficient (Wildman–Crippen LogP) is 6.15. The quantitative estimate of drug-likeness (QED) is 0.612. The van der Waals surface area contributed by atoms with Crippen molar-refractivity contribution in [1.29, 1.82) is 0 Å². The van der Waals surface area contributed by atoms with Crippen LogP contribution in [0, 0.1) is 13.8 Å². The lowest BCUT2D eigenvalue weighted by molar-refractivity contribution is 0.203. The van der Waals surface area contributed by atoms with E-state index in [0.29, 0.717) is 16.5 Å². The molecule has 1 aromatic heterocycles. The summed E-state index contributed by atoms with van der Waals surface area (Å²) in [5, 5.41) is 0.824. The molecule has 0 aliphatic heterocycles. The third kappa shape index (κ3) is 3.46. The molecule has 1 heterocycles. The van der Waals surface area contributed by atoms with E-state index in [9.17, 15) is 4.79 Å². The topological polar surface area (TPSA) is 39.4 Å². The Morgan fingerprint density at radius 2 is 1.79 bits per heavy atom. The fourth-order valence-electron chi connectivity index (χ4n) is 2.53. The van der Waals surface area contributed by atoms with Gasteiger partial charge >= 0.3 is 0 Å². The SMILES string of the molecule is Cc1cc([C@H](C)O[Si](C)(C)C(C)(C)C)c2oc(Cl)c(C)c(=O)c2c1. The lowest BCUT2D eigenvalue weighted by Crippen LogP contribution is -2.41. The van der Waals surface area contributed by atoms with Crippen molar-refractivity contribution in [2.75, 3.05) is 0 Å². The van der Waals surface area contributed by atoms with Gasteiger partial charge in [0, 0.05) is 5.56 Å². The summed E-state index contributed by atoms with van der Waals surface area (Å²) in [4.78, 5) is 12.5. The van der Waals surface area contributed by atoms with Crippen LogP contribution in [0.4, 0.5) is 0 Å².